The molecule has 0 saturated heterocycles. The monoisotopic (exact) mass is 391 g/mol. The Labute approximate surface area is 171 Å². The Morgan fingerprint density at radius 2 is 1.90 bits per heavy atom. The molecule has 150 valence electrons. The summed E-state index contributed by atoms with van der Waals surface area (Å²) in [6, 6.07) is 16.9. The number of hydrogen-bond acceptors (Lipinski definition) is 5. The summed E-state index contributed by atoms with van der Waals surface area (Å²) in [6.07, 6.45) is 1.64. The van der Waals surface area contributed by atoms with Gasteiger partial charge in [0.2, 0.25) is 0 Å². The van der Waals surface area contributed by atoms with Gasteiger partial charge in [-0.25, -0.2) is 4.98 Å². The van der Waals surface area contributed by atoms with Crippen LogP contribution in [0.1, 0.15) is 23.0 Å². The van der Waals surface area contributed by atoms with Crippen molar-refractivity contribution in [2.24, 2.45) is 0 Å². The number of nitrogens with one attached hydrogen (secondary N) is 1. The highest BCUT2D eigenvalue weighted by molar-refractivity contribution is 6.04. The predicted molar refractivity (Wildman–Crippen MR) is 116 cm³/mol. The Hall–Kier alpha value is -3.54. The van der Waals surface area contributed by atoms with Gasteiger partial charge < -0.3 is 19.7 Å². The van der Waals surface area contributed by atoms with Crippen molar-refractivity contribution < 1.29 is 14.3 Å². The van der Waals surface area contributed by atoms with Crippen LogP contribution >= 0.6 is 0 Å². The molecule has 0 atom stereocenters. The number of benzene rings is 2. The molecule has 0 radical (unpaired) electrons. The highest BCUT2D eigenvalue weighted by atomic mass is 16.5. The number of amides is 1. The summed E-state index contributed by atoms with van der Waals surface area (Å²) < 4.78 is 10.6. The molecule has 1 heterocycles. The first-order chi connectivity index (χ1) is 14.0. The number of carbonyl (C=O) groups is 1. The second-order valence-electron chi connectivity index (χ2n) is 6.51. The van der Waals surface area contributed by atoms with Gasteiger partial charge in [0.15, 0.2) is 0 Å². The fraction of sp³-hybridized carbons (Fsp3) is 0.217. The third kappa shape index (κ3) is 4.66. The molecule has 6 nitrogen and oxygen atoms in total. The molecule has 0 aliphatic heterocycles. The van der Waals surface area contributed by atoms with E-state index in [-0.39, 0.29) is 5.91 Å². The molecule has 0 aliphatic rings. The van der Waals surface area contributed by atoms with Gasteiger partial charge >= 0.3 is 0 Å². The summed E-state index contributed by atoms with van der Waals surface area (Å²) in [5, 5.41) is 3.26. The molecule has 0 spiro atoms. The maximum Gasteiger partial charge on any atom is 0.276 e. The topological polar surface area (TPSA) is 63.7 Å². The van der Waals surface area contributed by atoms with Gasteiger partial charge in [0.25, 0.3) is 5.91 Å². The minimum Gasteiger partial charge on any atom is -0.497 e. The van der Waals surface area contributed by atoms with Gasteiger partial charge in [-0.15, -0.1) is 0 Å². The number of hydrogen-bond donors (Lipinski definition) is 1. The number of anilines is 3. The molecule has 0 saturated carbocycles. The number of nitrogens with zero attached hydrogens (tertiary/aromatic N) is 2. The van der Waals surface area contributed by atoms with E-state index in [1.807, 2.05) is 56.3 Å². The first-order valence-electron chi connectivity index (χ1n) is 9.39. The van der Waals surface area contributed by atoms with Crippen molar-refractivity contribution in [3.05, 3.63) is 72.1 Å². The standard InChI is InChI=1S/C23H25N3O3/c1-5-26(18-8-6-7-16(2)13-18)23(27)21-11-9-17(15-24-21)25-20-12-10-19(28-3)14-22(20)29-4/h6-15,25H,5H2,1-4H3. The summed E-state index contributed by atoms with van der Waals surface area (Å²) in [5.74, 6) is 1.23. The van der Waals surface area contributed by atoms with Crippen LogP contribution < -0.4 is 19.7 Å². The lowest BCUT2D eigenvalue weighted by Crippen LogP contribution is -2.31. The Balaban J connectivity index is 1.78. The zero-order valence-electron chi connectivity index (χ0n) is 17.1. The molecule has 0 unspecified atom stereocenters. The van der Waals surface area contributed by atoms with Gasteiger partial charge in [-0.1, -0.05) is 12.1 Å². The highest BCUT2D eigenvalue weighted by Gasteiger charge is 2.17. The van der Waals surface area contributed by atoms with Crippen LogP contribution in [-0.2, 0) is 0 Å². The lowest BCUT2D eigenvalue weighted by Gasteiger charge is -2.21. The van der Waals surface area contributed by atoms with Crippen molar-refractivity contribution in [2.75, 3.05) is 31.0 Å². The van der Waals surface area contributed by atoms with Crippen LogP contribution in [0.5, 0.6) is 11.5 Å². The molecule has 0 aliphatic carbocycles. The van der Waals surface area contributed by atoms with E-state index in [0.717, 1.165) is 22.6 Å². The van der Waals surface area contributed by atoms with Gasteiger partial charge in [0.05, 0.1) is 31.8 Å². The molecule has 3 rings (SSSR count). The third-order valence-electron chi connectivity index (χ3n) is 4.55. The van der Waals surface area contributed by atoms with Crippen molar-refractivity contribution in [1.82, 2.24) is 4.98 Å². The molecule has 0 bridgehead atoms. The largest absolute Gasteiger partial charge is 0.497 e. The molecule has 2 aromatic carbocycles. The lowest BCUT2D eigenvalue weighted by molar-refractivity contribution is 0.0983. The minimum atomic E-state index is -0.133. The molecule has 0 fully saturated rings. The number of ether oxygens (including phenoxy) is 2. The molecule has 29 heavy (non-hydrogen) atoms. The van der Waals surface area contributed by atoms with Crippen LogP contribution in [0.15, 0.2) is 60.8 Å². The number of pyridine rings is 1. The average molecular weight is 391 g/mol. The molecule has 3 aromatic rings. The van der Waals surface area contributed by atoms with E-state index in [9.17, 15) is 4.79 Å². The average Bonchev–Trinajstić information content (AvgIpc) is 2.75. The van der Waals surface area contributed by atoms with Crippen LogP contribution in [0.3, 0.4) is 0 Å². The summed E-state index contributed by atoms with van der Waals surface area (Å²) in [7, 11) is 3.21. The molecule has 1 amide bonds. The Morgan fingerprint density at radius 1 is 1.07 bits per heavy atom. The number of aromatic nitrogens is 1. The van der Waals surface area contributed by atoms with Crippen molar-refractivity contribution in [3.63, 3.8) is 0 Å². The zero-order chi connectivity index (χ0) is 20.8. The van der Waals surface area contributed by atoms with Crippen LogP contribution in [0.2, 0.25) is 0 Å². The quantitative estimate of drug-likeness (QED) is 0.626. The van der Waals surface area contributed by atoms with Crippen LogP contribution in [0.25, 0.3) is 0 Å². The van der Waals surface area contributed by atoms with Gasteiger partial charge in [0, 0.05) is 18.3 Å². The number of carbonyl (C=O) groups excluding carboxylic acids is 1. The van der Waals surface area contributed by atoms with Crippen LogP contribution in [-0.4, -0.2) is 31.7 Å². The van der Waals surface area contributed by atoms with E-state index >= 15 is 0 Å². The zero-order valence-corrected chi connectivity index (χ0v) is 17.1. The summed E-state index contributed by atoms with van der Waals surface area (Å²) in [5.41, 5.74) is 3.90. The molecule has 6 heteroatoms. The van der Waals surface area contributed by atoms with Crippen molar-refractivity contribution in [2.45, 2.75) is 13.8 Å². The highest BCUT2D eigenvalue weighted by Crippen LogP contribution is 2.31. The van der Waals surface area contributed by atoms with Crippen molar-refractivity contribution in [3.8, 4) is 11.5 Å². The maximum absolute atomic E-state index is 12.9. The van der Waals surface area contributed by atoms with E-state index in [1.165, 1.54) is 0 Å². The van der Waals surface area contributed by atoms with E-state index < -0.39 is 0 Å². The van der Waals surface area contributed by atoms with Crippen LogP contribution in [0, 0.1) is 6.92 Å². The Kier molecular flexibility index (Phi) is 6.34. The first-order valence-corrected chi connectivity index (χ1v) is 9.39. The molecule has 1 N–H and O–H groups in total. The molecular weight excluding hydrogens is 366 g/mol. The Bertz CT molecular complexity index is 987. The SMILES string of the molecule is CCN(C(=O)c1ccc(Nc2ccc(OC)cc2OC)cn1)c1cccc(C)c1. The Morgan fingerprint density at radius 3 is 2.52 bits per heavy atom. The van der Waals surface area contributed by atoms with Gasteiger partial charge in [-0.05, 0) is 55.8 Å². The van der Waals surface area contributed by atoms with E-state index in [4.69, 9.17) is 9.47 Å². The van der Waals surface area contributed by atoms with Crippen LogP contribution in [0.4, 0.5) is 17.1 Å². The second kappa shape index (κ2) is 9.10. The fourth-order valence-corrected chi connectivity index (χ4v) is 3.03. The normalized spacial score (nSPS) is 10.3. The van der Waals surface area contributed by atoms with E-state index in [1.54, 1.807) is 37.4 Å². The molecule has 1 aromatic heterocycles. The van der Waals surface area contributed by atoms with E-state index in [2.05, 4.69) is 10.3 Å². The summed E-state index contributed by atoms with van der Waals surface area (Å²) >= 11 is 0. The lowest BCUT2D eigenvalue weighted by atomic mass is 10.2. The number of methoxy groups -OCH3 is 2. The fourth-order valence-electron chi connectivity index (χ4n) is 3.03. The van der Waals surface area contributed by atoms with Gasteiger partial charge in [-0.2, -0.15) is 0 Å². The summed E-state index contributed by atoms with van der Waals surface area (Å²) in [4.78, 5) is 19.0. The number of aryl methyl sites for hydroxylation is 1. The third-order valence-corrected chi connectivity index (χ3v) is 4.55. The van der Waals surface area contributed by atoms with Crippen molar-refractivity contribution >= 4 is 23.0 Å². The second-order valence-corrected chi connectivity index (χ2v) is 6.51. The smallest absolute Gasteiger partial charge is 0.276 e. The minimum absolute atomic E-state index is 0.133. The summed E-state index contributed by atoms with van der Waals surface area (Å²) in [6.45, 7) is 4.52. The van der Waals surface area contributed by atoms with E-state index in [0.29, 0.717) is 23.7 Å². The van der Waals surface area contributed by atoms with Gasteiger partial charge in [-0.3, -0.25) is 4.79 Å². The maximum atomic E-state index is 12.9. The van der Waals surface area contributed by atoms with Gasteiger partial charge in [0.1, 0.15) is 17.2 Å². The van der Waals surface area contributed by atoms with Crippen molar-refractivity contribution in [1.29, 1.82) is 0 Å². The number of rotatable bonds is 7. The predicted octanol–water partition coefficient (Wildman–Crippen LogP) is 4.82. The first kappa shape index (κ1) is 20.2. The molecular formula is C23H25N3O3.